The van der Waals surface area contributed by atoms with Crippen LogP contribution in [0.25, 0.3) is 5.65 Å². The maximum atomic E-state index is 13.5. The minimum absolute atomic E-state index is 0.0569. The van der Waals surface area contributed by atoms with E-state index >= 15 is 0 Å². The number of aryl methyl sites for hydroxylation is 1. The molecule has 2 amide bonds. The molecular weight excluding hydrogens is 354 g/mol. The highest BCUT2D eigenvalue weighted by Gasteiger charge is 2.48. The lowest BCUT2D eigenvalue weighted by Gasteiger charge is -2.38. The highest BCUT2D eigenvalue weighted by molar-refractivity contribution is 5.90. The number of hydrogen-bond acceptors (Lipinski definition) is 4. The van der Waals surface area contributed by atoms with Crippen molar-refractivity contribution < 1.29 is 9.59 Å². The molecule has 0 aliphatic carbocycles. The second-order valence-corrected chi connectivity index (χ2v) is 9.49. The lowest BCUT2D eigenvalue weighted by atomic mass is 9.96. The number of carbonyl (C=O) groups excluding carboxylic acids is 2. The van der Waals surface area contributed by atoms with Crippen molar-refractivity contribution in [2.45, 2.75) is 71.0 Å². The maximum Gasteiger partial charge on any atom is 0.228 e. The van der Waals surface area contributed by atoms with Crippen LogP contribution in [0.1, 0.15) is 63.0 Å². The molecule has 2 saturated heterocycles. The van der Waals surface area contributed by atoms with Crippen molar-refractivity contribution >= 4 is 17.5 Å². The SMILES string of the molecule is Cc1cc2ncc3c(n2n1)CC1CCC3N1C(=O)C1CC(=O)N(C(C)(C)C)C1. The summed E-state index contributed by atoms with van der Waals surface area (Å²) in [6.45, 7) is 8.59. The van der Waals surface area contributed by atoms with Gasteiger partial charge in [-0.15, -0.1) is 0 Å². The van der Waals surface area contributed by atoms with E-state index < -0.39 is 0 Å². The molecule has 3 unspecified atom stereocenters. The number of fused-ring (bicyclic) bond motifs is 6. The van der Waals surface area contributed by atoms with Crippen molar-refractivity contribution in [2.24, 2.45) is 5.92 Å². The van der Waals surface area contributed by atoms with Gasteiger partial charge in [-0.3, -0.25) is 9.59 Å². The molecule has 0 saturated carbocycles. The van der Waals surface area contributed by atoms with E-state index in [1.165, 1.54) is 5.69 Å². The van der Waals surface area contributed by atoms with E-state index in [1.54, 1.807) is 0 Å². The molecular formula is C21H27N5O2. The monoisotopic (exact) mass is 381 g/mol. The lowest BCUT2D eigenvalue weighted by Crippen LogP contribution is -2.47. The van der Waals surface area contributed by atoms with Crippen molar-refractivity contribution in [1.29, 1.82) is 0 Å². The van der Waals surface area contributed by atoms with Crippen LogP contribution in [0.4, 0.5) is 0 Å². The van der Waals surface area contributed by atoms with Gasteiger partial charge in [-0.05, 0) is 40.5 Å². The average Bonchev–Trinajstić information content (AvgIpc) is 3.28. The van der Waals surface area contributed by atoms with Crippen LogP contribution in [0, 0.1) is 12.8 Å². The quantitative estimate of drug-likeness (QED) is 0.760. The number of hydrogen-bond donors (Lipinski definition) is 0. The van der Waals surface area contributed by atoms with Crippen LogP contribution in [0.2, 0.25) is 0 Å². The molecule has 2 bridgehead atoms. The van der Waals surface area contributed by atoms with E-state index in [-0.39, 0.29) is 35.4 Å². The molecule has 0 radical (unpaired) electrons. The van der Waals surface area contributed by atoms with Crippen molar-refractivity contribution in [1.82, 2.24) is 24.4 Å². The van der Waals surface area contributed by atoms with Crippen LogP contribution < -0.4 is 0 Å². The van der Waals surface area contributed by atoms with Gasteiger partial charge >= 0.3 is 0 Å². The normalized spacial score (nSPS) is 27.0. The minimum Gasteiger partial charge on any atom is -0.337 e. The van der Waals surface area contributed by atoms with E-state index in [1.807, 2.05) is 49.4 Å². The second kappa shape index (κ2) is 5.78. The van der Waals surface area contributed by atoms with Crippen LogP contribution >= 0.6 is 0 Å². The molecule has 0 N–H and O–H groups in total. The second-order valence-electron chi connectivity index (χ2n) is 9.49. The zero-order chi connectivity index (χ0) is 19.8. The molecule has 2 aromatic rings. The molecule has 2 fully saturated rings. The summed E-state index contributed by atoms with van der Waals surface area (Å²) in [6.07, 6.45) is 5.02. The molecule has 148 valence electrons. The summed E-state index contributed by atoms with van der Waals surface area (Å²) >= 11 is 0. The van der Waals surface area contributed by atoms with Gasteiger partial charge in [0.25, 0.3) is 0 Å². The van der Waals surface area contributed by atoms with Crippen LogP contribution in [-0.4, -0.2) is 54.3 Å². The van der Waals surface area contributed by atoms with Crippen LogP contribution in [-0.2, 0) is 16.0 Å². The Bertz CT molecular complexity index is 989. The van der Waals surface area contributed by atoms with Gasteiger partial charge in [0.05, 0.1) is 23.3 Å². The summed E-state index contributed by atoms with van der Waals surface area (Å²) in [5, 5.41) is 4.62. The van der Waals surface area contributed by atoms with Gasteiger partial charge < -0.3 is 9.80 Å². The van der Waals surface area contributed by atoms with Crippen molar-refractivity contribution in [3.8, 4) is 0 Å². The first-order valence-electron chi connectivity index (χ1n) is 10.2. The lowest BCUT2D eigenvalue weighted by molar-refractivity contribution is -0.139. The third-order valence-electron chi connectivity index (χ3n) is 6.57. The average molecular weight is 381 g/mol. The van der Waals surface area contributed by atoms with E-state index in [0.29, 0.717) is 13.0 Å². The van der Waals surface area contributed by atoms with E-state index in [4.69, 9.17) is 0 Å². The number of carbonyl (C=O) groups is 2. The van der Waals surface area contributed by atoms with Gasteiger partial charge in [0.1, 0.15) is 0 Å². The Balaban J connectivity index is 1.46. The molecule has 28 heavy (non-hydrogen) atoms. The van der Waals surface area contributed by atoms with E-state index in [9.17, 15) is 9.59 Å². The molecule has 3 aliphatic heterocycles. The van der Waals surface area contributed by atoms with Crippen molar-refractivity contribution in [3.05, 3.63) is 29.2 Å². The van der Waals surface area contributed by atoms with Crippen LogP contribution in [0.15, 0.2) is 12.3 Å². The molecule has 0 aromatic carbocycles. The number of nitrogens with zero attached hydrogens (tertiary/aromatic N) is 5. The van der Waals surface area contributed by atoms with E-state index in [2.05, 4.69) is 15.0 Å². The Morgan fingerprint density at radius 2 is 2.00 bits per heavy atom. The molecule has 5 rings (SSSR count). The fourth-order valence-electron chi connectivity index (χ4n) is 5.27. The number of amides is 2. The van der Waals surface area contributed by atoms with Crippen LogP contribution in [0.5, 0.6) is 0 Å². The van der Waals surface area contributed by atoms with Gasteiger partial charge in [0.15, 0.2) is 5.65 Å². The summed E-state index contributed by atoms with van der Waals surface area (Å²) in [7, 11) is 0. The Morgan fingerprint density at radius 1 is 1.21 bits per heavy atom. The summed E-state index contributed by atoms with van der Waals surface area (Å²) in [5.41, 5.74) is 3.90. The summed E-state index contributed by atoms with van der Waals surface area (Å²) in [6, 6.07) is 2.24. The van der Waals surface area contributed by atoms with Crippen molar-refractivity contribution in [2.75, 3.05) is 6.54 Å². The zero-order valence-corrected chi connectivity index (χ0v) is 17.0. The fraction of sp³-hybridized carbons (Fsp3) is 0.619. The Kier molecular flexibility index (Phi) is 3.64. The molecule has 2 aromatic heterocycles. The van der Waals surface area contributed by atoms with Gasteiger partial charge in [-0.25, -0.2) is 9.50 Å². The standard InChI is InChI=1S/C21H27N5O2/c1-12-7-18-22-10-15-16-6-5-14(9-17(15)26(18)23-12)25(16)20(28)13-8-19(27)24(11-13)21(2,3)4/h7,10,13-14,16H,5-6,8-9,11H2,1-4H3. The predicted octanol–water partition coefficient (Wildman–Crippen LogP) is 2.27. The summed E-state index contributed by atoms with van der Waals surface area (Å²) in [5.74, 6) is -0.0130. The van der Waals surface area contributed by atoms with Gasteiger partial charge in [0, 0.05) is 48.8 Å². The summed E-state index contributed by atoms with van der Waals surface area (Å²) < 4.78 is 1.96. The minimum atomic E-state index is -0.243. The first-order chi connectivity index (χ1) is 13.2. The Labute approximate surface area is 164 Å². The van der Waals surface area contributed by atoms with Crippen molar-refractivity contribution in [3.63, 3.8) is 0 Å². The molecule has 3 aliphatic rings. The maximum absolute atomic E-state index is 13.5. The first kappa shape index (κ1) is 17.6. The summed E-state index contributed by atoms with van der Waals surface area (Å²) in [4.78, 5) is 34.4. The Hall–Kier alpha value is -2.44. The molecule has 3 atom stereocenters. The fourth-order valence-corrected chi connectivity index (χ4v) is 5.27. The van der Waals surface area contributed by atoms with Gasteiger partial charge in [0.2, 0.25) is 11.8 Å². The zero-order valence-electron chi connectivity index (χ0n) is 17.0. The third-order valence-corrected chi connectivity index (χ3v) is 6.57. The third kappa shape index (κ3) is 2.48. The van der Waals surface area contributed by atoms with Crippen LogP contribution in [0.3, 0.4) is 0 Å². The highest BCUT2D eigenvalue weighted by Crippen LogP contribution is 2.45. The molecule has 5 heterocycles. The number of aromatic nitrogens is 3. The predicted molar refractivity (Wildman–Crippen MR) is 104 cm³/mol. The molecule has 7 nitrogen and oxygen atoms in total. The number of rotatable bonds is 1. The Morgan fingerprint density at radius 3 is 2.71 bits per heavy atom. The molecule has 7 heteroatoms. The van der Waals surface area contributed by atoms with E-state index in [0.717, 1.165) is 36.2 Å². The first-order valence-corrected chi connectivity index (χ1v) is 10.2. The van der Waals surface area contributed by atoms with Gasteiger partial charge in [-0.2, -0.15) is 5.10 Å². The topological polar surface area (TPSA) is 70.8 Å². The number of likely N-dealkylation sites (tertiary alicyclic amines) is 1. The smallest absolute Gasteiger partial charge is 0.228 e. The largest absolute Gasteiger partial charge is 0.337 e. The highest BCUT2D eigenvalue weighted by atomic mass is 16.2. The molecule has 0 spiro atoms. The van der Waals surface area contributed by atoms with Gasteiger partial charge in [-0.1, -0.05) is 0 Å².